The molecule has 2 aromatic carbocycles. The van der Waals surface area contributed by atoms with Crippen LogP contribution in [-0.4, -0.2) is 36.3 Å². The van der Waals surface area contributed by atoms with E-state index in [0.29, 0.717) is 29.0 Å². The molecule has 0 unspecified atom stereocenters. The summed E-state index contributed by atoms with van der Waals surface area (Å²) in [7, 11) is 1.57. The van der Waals surface area contributed by atoms with Crippen LogP contribution in [0.15, 0.2) is 40.9 Å². The summed E-state index contributed by atoms with van der Waals surface area (Å²) >= 11 is 14.2. The second-order valence-corrected chi connectivity index (χ2v) is 7.01. The Morgan fingerprint density at radius 2 is 2.04 bits per heavy atom. The monoisotopic (exact) mass is 487 g/mol. The topological polar surface area (TPSA) is 103 Å². The number of methoxy groups -OCH3 is 1. The summed E-state index contributed by atoms with van der Waals surface area (Å²) in [5.74, 6) is 0.0735. The standard InChI is InChI=1S/C17H15BrClN3O5S/c1-26-6-7-27-15-5-2-10(8-12(15)18)16(23)21-17(28)20-13-4-3-11(19)9-14(13)22(24)25/h2-5,8-9H,6-7H2,1H3,(H2,20,21,23,28). The van der Waals surface area contributed by atoms with Crippen molar-refractivity contribution in [2.75, 3.05) is 25.6 Å². The molecule has 0 saturated heterocycles. The normalized spacial score (nSPS) is 10.2. The minimum atomic E-state index is -0.599. The van der Waals surface area contributed by atoms with Crippen molar-refractivity contribution in [2.45, 2.75) is 0 Å². The molecule has 0 spiro atoms. The predicted octanol–water partition coefficient (Wildman–Crippen LogP) is 4.16. The highest BCUT2D eigenvalue weighted by Crippen LogP contribution is 2.28. The fourth-order valence-electron chi connectivity index (χ4n) is 2.08. The van der Waals surface area contributed by atoms with Gasteiger partial charge in [-0.3, -0.25) is 20.2 Å². The van der Waals surface area contributed by atoms with Gasteiger partial charge in [0.05, 0.1) is 16.0 Å². The number of hydrogen-bond donors (Lipinski definition) is 2. The fraction of sp³-hybridized carbons (Fsp3) is 0.176. The number of nitrogens with zero attached hydrogens (tertiary/aromatic N) is 1. The molecule has 28 heavy (non-hydrogen) atoms. The van der Waals surface area contributed by atoms with Crippen molar-refractivity contribution in [1.82, 2.24) is 5.32 Å². The van der Waals surface area contributed by atoms with Crippen molar-refractivity contribution in [3.05, 3.63) is 61.6 Å². The summed E-state index contributed by atoms with van der Waals surface area (Å²) in [6.07, 6.45) is 0. The number of hydrogen-bond acceptors (Lipinski definition) is 6. The first kappa shape index (κ1) is 22.0. The highest BCUT2D eigenvalue weighted by atomic mass is 79.9. The summed E-state index contributed by atoms with van der Waals surface area (Å²) < 4.78 is 11.0. The van der Waals surface area contributed by atoms with Crippen LogP contribution < -0.4 is 15.4 Å². The molecule has 0 radical (unpaired) electrons. The first-order valence-corrected chi connectivity index (χ1v) is 9.37. The van der Waals surface area contributed by atoms with E-state index in [9.17, 15) is 14.9 Å². The molecule has 0 fully saturated rings. The second kappa shape index (κ2) is 10.3. The predicted molar refractivity (Wildman–Crippen MR) is 113 cm³/mol. The van der Waals surface area contributed by atoms with E-state index >= 15 is 0 Å². The number of thiocarbonyl (C=S) groups is 1. The molecule has 0 saturated carbocycles. The zero-order valence-corrected chi connectivity index (χ0v) is 17.7. The van der Waals surface area contributed by atoms with Crippen molar-refractivity contribution in [2.24, 2.45) is 0 Å². The average molecular weight is 489 g/mol. The van der Waals surface area contributed by atoms with Crippen LogP contribution in [0.1, 0.15) is 10.4 Å². The van der Waals surface area contributed by atoms with Crippen LogP contribution in [0.3, 0.4) is 0 Å². The van der Waals surface area contributed by atoms with Crippen molar-refractivity contribution >= 4 is 62.1 Å². The summed E-state index contributed by atoms with van der Waals surface area (Å²) in [5.41, 5.74) is 0.174. The third kappa shape index (κ3) is 6.13. The number of rotatable bonds is 7. The van der Waals surface area contributed by atoms with E-state index in [0.717, 1.165) is 0 Å². The molecule has 0 heterocycles. The van der Waals surface area contributed by atoms with E-state index in [1.807, 2.05) is 0 Å². The molecule has 148 valence electrons. The van der Waals surface area contributed by atoms with E-state index in [2.05, 4.69) is 26.6 Å². The van der Waals surface area contributed by atoms with Crippen LogP contribution in [0.4, 0.5) is 11.4 Å². The van der Waals surface area contributed by atoms with Crippen LogP contribution in [0.5, 0.6) is 5.75 Å². The van der Waals surface area contributed by atoms with Gasteiger partial charge in [-0.1, -0.05) is 11.6 Å². The largest absolute Gasteiger partial charge is 0.490 e. The van der Waals surface area contributed by atoms with Gasteiger partial charge in [0.15, 0.2) is 5.11 Å². The maximum Gasteiger partial charge on any atom is 0.294 e. The molecule has 0 bridgehead atoms. The third-order valence-electron chi connectivity index (χ3n) is 3.37. The lowest BCUT2D eigenvalue weighted by molar-refractivity contribution is -0.383. The fourth-order valence-corrected chi connectivity index (χ4v) is 2.95. The molecule has 2 N–H and O–H groups in total. The smallest absolute Gasteiger partial charge is 0.294 e. The molecular formula is C17H15BrClN3O5S. The Morgan fingerprint density at radius 3 is 2.68 bits per heavy atom. The summed E-state index contributed by atoms with van der Waals surface area (Å²) in [6.45, 7) is 0.806. The minimum absolute atomic E-state index is 0.0908. The molecule has 2 rings (SSSR count). The Hall–Kier alpha value is -2.27. The quantitative estimate of drug-likeness (QED) is 0.261. The van der Waals surface area contributed by atoms with Crippen molar-refractivity contribution in [3.8, 4) is 5.75 Å². The van der Waals surface area contributed by atoms with Gasteiger partial charge in [0.1, 0.15) is 18.0 Å². The Balaban J connectivity index is 2.04. The Labute approximate surface area is 179 Å². The van der Waals surface area contributed by atoms with Crippen LogP contribution in [-0.2, 0) is 4.74 Å². The molecule has 1 amide bonds. The van der Waals surface area contributed by atoms with E-state index < -0.39 is 10.8 Å². The number of benzene rings is 2. The SMILES string of the molecule is COCCOc1ccc(C(=O)NC(=S)Nc2ccc(Cl)cc2[N+](=O)[O-])cc1Br. The number of halogens is 2. The molecule has 0 aliphatic rings. The highest BCUT2D eigenvalue weighted by molar-refractivity contribution is 9.10. The average Bonchev–Trinajstić information content (AvgIpc) is 2.64. The maximum absolute atomic E-state index is 12.4. The lowest BCUT2D eigenvalue weighted by Crippen LogP contribution is -2.34. The molecule has 0 aliphatic carbocycles. The van der Waals surface area contributed by atoms with E-state index in [1.165, 1.54) is 18.2 Å². The van der Waals surface area contributed by atoms with E-state index in [-0.39, 0.29) is 21.5 Å². The number of carbonyl (C=O) groups excluding carboxylic acids is 1. The number of amides is 1. The van der Waals surface area contributed by atoms with Gasteiger partial charge in [-0.2, -0.15) is 0 Å². The number of ether oxygens (including phenoxy) is 2. The maximum atomic E-state index is 12.4. The Morgan fingerprint density at radius 1 is 1.29 bits per heavy atom. The number of carbonyl (C=O) groups is 1. The third-order valence-corrected chi connectivity index (χ3v) is 4.43. The molecule has 2 aromatic rings. The van der Waals surface area contributed by atoms with Gasteiger partial charge in [-0.15, -0.1) is 0 Å². The molecule has 0 atom stereocenters. The van der Waals surface area contributed by atoms with Crippen molar-refractivity contribution in [1.29, 1.82) is 0 Å². The van der Waals surface area contributed by atoms with Gasteiger partial charge in [0, 0.05) is 23.8 Å². The molecule has 0 aliphatic heterocycles. The van der Waals surface area contributed by atoms with Crippen LogP contribution >= 0.6 is 39.7 Å². The minimum Gasteiger partial charge on any atom is -0.490 e. The van der Waals surface area contributed by atoms with Gasteiger partial charge >= 0.3 is 0 Å². The lowest BCUT2D eigenvalue weighted by atomic mass is 10.2. The Bertz CT molecular complexity index is 912. The molecule has 11 heteroatoms. The van der Waals surface area contributed by atoms with Crippen molar-refractivity contribution < 1.29 is 19.2 Å². The molecular weight excluding hydrogens is 474 g/mol. The number of nitro groups is 1. The lowest BCUT2D eigenvalue weighted by Gasteiger charge is -2.12. The zero-order chi connectivity index (χ0) is 20.7. The second-order valence-electron chi connectivity index (χ2n) is 5.31. The van der Waals surface area contributed by atoms with Crippen LogP contribution in [0.2, 0.25) is 5.02 Å². The summed E-state index contributed by atoms with van der Waals surface area (Å²) in [4.78, 5) is 22.9. The summed E-state index contributed by atoms with van der Waals surface area (Å²) in [5, 5.41) is 16.3. The molecule has 0 aromatic heterocycles. The van der Waals surface area contributed by atoms with Gasteiger partial charge in [-0.05, 0) is 58.5 Å². The van der Waals surface area contributed by atoms with Gasteiger partial charge < -0.3 is 14.8 Å². The molecule has 8 nitrogen and oxygen atoms in total. The number of nitro benzene ring substituents is 1. The first-order chi connectivity index (χ1) is 13.3. The Kier molecular flexibility index (Phi) is 8.12. The number of anilines is 1. The zero-order valence-electron chi connectivity index (χ0n) is 14.5. The summed E-state index contributed by atoms with van der Waals surface area (Å²) in [6, 6.07) is 8.84. The van der Waals surface area contributed by atoms with Gasteiger partial charge in [0.2, 0.25) is 0 Å². The van der Waals surface area contributed by atoms with E-state index in [1.54, 1.807) is 25.3 Å². The van der Waals surface area contributed by atoms with E-state index in [4.69, 9.17) is 33.3 Å². The van der Waals surface area contributed by atoms with Crippen LogP contribution in [0, 0.1) is 10.1 Å². The first-order valence-electron chi connectivity index (χ1n) is 7.79. The van der Waals surface area contributed by atoms with Gasteiger partial charge in [0.25, 0.3) is 11.6 Å². The number of nitrogens with one attached hydrogen (secondary N) is 2. The highest BCUT2D eigenvalue weighted by Gasteiger charge is 2.17. The van der Waals surface area contributed by atoms with Crippen molar-refractivity contribution in [3.63, 3.8) is 0 Å². The van der Waals surface area contributed by atoms with Gasteiger partial charge in [-0.25, -0.2) is 0 Å². The van der Waals surface area contributed by atoms with Crippen LogP contribution in [0.25, 0.3) is 0 Å².